The molecule has 3 heteroatoms. The van der Waals surface area contributed by atoms with Gasteiger partial charge in [0, 0.05) is 9.99 Å². The molecule has 102 valence electrons. The van der Waals surface area contributed by atoms with Crippen LogP contribution in [0, 0.1) is 23.3 Å². The van der Waals surface area contributed by atoms with Crippen LogP contribution in [0.3, 0.4) is 0 Å². The first kappa shape index (κ1) is 14.6. The maximum atomic E-state index is 12.1. The summed E-state index contributed by atoms with van der Waals surface area (Å²) < 4.78 is 1.11. The molecule has 0 bridgehead atoms. The molecular formula is C16H20INO. The Morgan fingerprint density at radius 2 is 2.21 bits per heavy atom. The van der Waals surface area contributed by atoms with E-state index in [-0.39, 0.29) is 5.91 Å². The second-order valence-corrected chi connectivity index (χ2v) is 6.47. The van der Waals surface area contributed by atoms with E-state index in [4.69, 9.17) is 0 Å². The second kappa shape index (κ2) is 6.55. The third-order valence-electron chi connectivity index (χ3n) is 3.50. The summed E-state index contributed by atoms with van der Waals surface area (Å²) in [7, 11) is 0. The normalized spacial score (nSPS) is 18.4. The van der Waals surface area contributed by atoms with Gasteiger partial charge >= 0.3 is 0 Å². The molecule has 0 spiro atoms. The molecule has 1 amide bonds. The molecule has 2 nitrogen and oxygen atoms in total. The maximum absolute atomic E-state index is 12.1. The van der Waals surface area contributed by atoms with Crippen LogP contribution in [0.1, 0.15) is 36.8 Å². The number of hydrogen-bond donors (Lipinski definition) is 1. The van der Waals surface area contributed by atoms with Gasteiger partial charge in [-0.15, -0.1) is 0 Å². The lowest BCUT2D eigenvalue weighted by molar-refractivity contribution is -0.116. The predicted octanol–water partition coefficient (Wildman–Crippen LogP) is 4.59. The number of benzene rings is 1. The second-order valence-electron chi connectivity index (χ2n) is 5.31. The fourth-order valence-electron chi connectivity index (χ4n) is 2.56. The molecule has 0 aliphatic heterocycles. The topological polar surface area (TPSA) is 29.1 Å². The van der Waals surface area contributed by atoms with Gasteiger partial charge in [0.15, 0.2) is 0 Å². The van der Waals surface area contributed by atoms with E-state index >= 15 is 0 Å². The number of carbonyl (C=O) groups is 1. The molecular weight excluding hydrogens is 349 g/mol. The van der Waals surface area contributed by atoms with Crippen LogP contribution in [0.5, 0.6) is 0 Å². The van der Waals surface area contributed by atoms with Crippen LogP contribution >= 0.6 is 22.6 Å². The third kappa shape index (κ3) is 4.06. The first-order chi connectivity index (χ1) is 9.06. The first-order valence-electron chi connectivity index (χ1n) is 6.79. The Hall–Kier alpha value is -0.840. The van der Waals surface area contributed by atoms with E-state index in [0.717, 1.165) is 27.7 Å². The smallest absolute Gasteiger partial charge is 0.224 e. The predicted molar refractivity (Wildman–Crippen MR) is 88.4 cm³/mol. The summed E-state index contributed by atoms with van der Waals surface area (Å²) in [5, 5.41) is 3.07. The molecule has 19 heavy (non-hydrogen) atoms. The molecule has 1 aliphatic carbocycles. The zero-order valence-electron chi connectivity index (χ0n) is 11.5. The monoisotopic (exact) mass is 369 g/mol. The molecule has 0 aromatic heterocycles. The Kier molecular flexibility index (Phi) is 5.02. The zero-order valence-corrected chi connectivity index (χ0v) is 13.7. The van der Waals surface area contributed by atoms with E-state index in [2.05, 4.69) is 59.1 Å². The SMILES string of the molecule is Cc1cc(C)c(NC(=O)C[C@@H]2C=CCCC2)c(I)c1. The number of halogens is 1. The van der Waals surface area contributed by atoms with E-state index in [0.29, 0.717) is 12.3 Å². The number of nitrogens with one attached hydrogen (secondary N) is 1. The molecule has 1 N–H and O–H groups in total. The Balaban J connectivity index is 2.02. The van der Waals surface area contributed by atoms with Gasteiger partial charge in [0.25, 0.3) is 0 Å². The van der Waals surface area contributed by atoms with E-state index in [1.165, 1.54) is 12.0 Å². The third-order valence-corrected chi connectivity index (χ3v) is 4.35. The van der Waals surface area contributed by atoms with Gasteiger partial charge < -0.3 is 5.32 Å². The number of rotatable bonds is 3. The van der Waals surface area contributed by atoms with Crippen molar-refractivity contribution < 1.29 is 4.79 Å². The summed E-state index contributed by atoms with van der Waals surface area (Å²) in [6.45, 7) is 4.12. The Morgan fingerprint density at radius 3 is 2.84 bits per heavy atom. The van der Waals surface area contributed by atoms with Gasteiger partial charge in [0.1, 0.15) is 0 Å². The lowest BCUT2D eigenvalue weighted by Gasteiger charge is -2.17. The van der Waals surface area contributed by atoms with Gasteiger partial charge in [0.2, 0.25) is 5.91 Å². The number of allylic oxidation sites excluding steroid dienone is 2. The molecule has 1 aromatic rings. The molecule has 0 radical (unpaired) electrons. The molecule has 0 saturated carbocycles. The van der Waals surface area contributed by atoms with Crippen molar-refractivity contribution in [3.05, 3.63) is 39.0 Å². The number of carbonyl (C=O) groups excluding carboxylic acids is 1. The minimum absolute atomic E-state index is 0.126. The summed E-state index contributed by atoms with van der Waals surface area (Å²) in [4.78, 5) is 12.1. The summed E-state index contributed by atoms with van der Waals surface area (Å²) >= 11 is 2.29. The molecule has 0 fully saturated rings. The standard InChI is InChI=1S/C16H20INO/c1-11-8-12(2)16(14(17)9-11)18-15(19)10-13-6-4-3-5-7-13/h4,6,8-9,13H,3,5,7,10H2,1-2H3,(H,18,19)/t13-/m1/s1. The van der Waals surface area contributed by atoms with Crippen molar-refractivity contribution in [2.24, 2.45) is 5.92 Å². The highest BCUT2D eigenvalue weighted by atomic mass is 127. The van der Waals surface area contributed by atoms with Crippen molar-refractivity contribution in [3.8, 4) is 0 Å². The van der Waals surface area contributed by atoms with Crippen molar-refractivity contribution >= 4 is 34.2 Å². The average Bonchev–Trinajstić information content (AvgIpc) is 2.35. The highest BCUT2D eigenvalue weighted by molar-refractivity contribution is 14.1. The van der Waals surface area contributed by atoms with Crippen LogP contribution in [0.15, 0.2) is 24.3 Å². The lowest BCUT2D eigenvalue weighted by atomic mass is 9.93. The quantitative estimate of drug-likeness (QED) is 0.613. The van der Waals surface area contributed by atoms with Crippen LogP contribution in [0.4, 0.5) is 5.69 Å². The van der Waals surface area contributed by atoms with Crippen LogP contribution in [-0.2, 0) is 4.79 Å². The number of anilines is 1. The van der Waals surface area contributed by atoms with E-state index in [1.807, 2.05) is 6.92 Å². The van der Waals surface area contributed by atoms with Gasteiger partial charge in [-0.05, 0) is 78.8 Å². The van der Waals surface area contributed by atoms with Crippen molar-refractivity contribution in [1.82, 2.24) is 0 Å². The lowest BCUT2D eigenvalue weighted by Crippen LogP contribution is -2.18. The van der Waals surface area contributed by atoms with Crippen LogP contribution < -0.4 is 5.32 Å². The number of aryl methyl sites for hydroxylation is 2. The molecule has 0 heterocycles. The van der Waals surface area contributed by atoms with Crippen molar-refractivity contribution in [2.75, 3.05) is 5.32 Å². The summed E-state index contributed by atoms with van der Waals surface area (Å²) in [5.74, 6) is 0.540. The summed E-state index contributed by atoms with van der Waals surface area (Å²) in [6.07, 6.45) is 8.48. The average molecular weight is 369 g/mol. The van der Waals surface area contributed by atoms with Crippen LogP contribution in [-0.4, -0.2) is 5.91 Å². The van der Waals surface area contributed by atoms with Gasteiger partial charge in [-0.2, -0.15) is 0 Å². The Morgan fingerprint density at radius 1 is 1.42 bits per heavy atom. The van der Waals surface area contributed by atoms with Crippen molar-refractivity contribution in [2.45, 2.75) is 39.5 Å². The fraction of sp³-hybridized carbons (Fsp3) is 0.438. The highest BCUT2D eigenvalue weighted by Gasteiger charge is 2.15. The Labute approximate surface area is 128 Å². The summed E-state index contributed by atoms with van der Waals surface area (Å²) in [6, 6.07) is 4.21. The highest BCUT2D eigenvalue weighted by Crippen LogP contribution is 2.26. The van der Waals surface area contributed by atoms with Gasteiger partial charge in [0.05, 0.1) is 5.69 Å². The van der Waals surface area contributed by atoms with Gasteiger partial charge in [-0.1, -0.05) is 18.2 Å². The van der Waals surface area contributed by atoms with E-state index in [9.17, 15) is 4.79 Å². The zero-order chi connectivity index (χ0) is 13.8. The largest absolute Gasteiger partial charge is 0.325 e. The molecule has 1 aromatic carbocycles. The van der Waals surface area contributed by atoms with Crippen LogP contribution in [0.25, 0.3) is 0 Å². The van der Waals surface area contributed by atoms with Crippen molar-refractivity contribution in [3.63, 3.8) is 0 Å². The van der Waals surface area contributed by atoms with E-state index < -0.39 is 0 Å². The minimum atomic E-state index is 0.126. The van der Waals surface area contributed by atoms with Crippen LogP contribution in [0.2, 0.25) is 0 Å². The molecule has 1 aliphatic rings. The van der Waals surface area contributed by atoms with Gasteiger partial charge in [-0.25, -0.2) is 0 Å². The molecule has 0 saturated heterocycles. The summed E-state index contributed by atoms with van der Waals surface area (Å²) in [5.41, 5.74) is 3.34. The molecule has 2 rings (SSSR count). The van der Waals surface area contributed by atoms with Gasteiger partial charge in [-0.3, -0.25) is 4.79 Å². The minimum Gasteiger partial charge on any atom is -0.325 e. The first-order valence-corrected chi connectivity index (χ1v) is 7.87. The van der Waals surface area contributed by atoms with Crippen molar-refractivity contribution in [1.29, 1.82) is 0 Å². The fourth-order valence-corrected chi connectivity index (χ4v) is 3.61. The molecule has 0 unspecified atom stereocenters. The molecule has 1 atom stereocenters. The number of amides is 1. The maximum Gasteiger partial charge on any atom is 0.224 e. The number of hydrogen-bond acceptors (Lipinski definition) is 1. The van der Waals surface area contributed by atoms with E-state index in [1.54, 1.807) is 0 Å². The Bertz CT molecular complexity index is 484.